The Balaban J connectivity index is 1.87. The van der Waals surface area contributed by atoms with E-state index in [2.05, 4.69) is 10.3 Å². The number of rotatable bonds is 4. The third-order valence-corrected chi connectivity index (χ3v) is 4.49. The van der Waals surface area contributed by atoms with Crippen molar-refractivity contribution in [3.05, 3.63) is 59.3 Å². The average Bonchev–Trinajstić information content (AvgIpc) is 2.60. The molecule has 3 nitrogen and oxygen atoms in total. The standard InChI is InChI=1S/C19H21F3N2O/c1-13-3-2-4-17(24-13)25-18(15-9-11-23-12-10-15)14-5-7-16(8-6-14)19(20,21)22/h2-8,15,18,23H,9-12H2,1H3/t18-/m0/s1. The first-order valence-electron chi connectivity index (χ1n) is 8.41. The van der Waals surface area contributed by atoms with E-state index in [-0.39, 0.29) is 12.0 Å². The number of halogens is 3. The summed E-state index contributed by atoms with van der Waals surface area (Å²) in [5.74, 6) is 0.740. The molecule has 1 aromatic carbocycles. The number of ether oxygens (including phenoxy) is 1. The highest BCUT2D eigenvalue weighted by Crippen LogP contribution is 2.35. The van der Waals surface area contributed by atoms with Gasteiger partial charge in [0.25, 0.3) is 0 Å². The number of nitrogens with one attached hydrogen (secondary N) is 1. The van der Waals surface area contributed by atoms with Gasteiger partial charge in [-0.05, 0) is 56.6 Å². The Labute approximate surface area is 145 Å². The molecule has 1 aliphatic heterocycles. The van der Waals surface area contributed by atoms with E-state index in [1.54, 1.807) is 6.07 Å². The van der Waals surface area contributed by atoms with Gasteiger partial charge in [0, 0.05) is 17.7 Å². The molecular formula is C19H21F3N2O. The van der Waals surface area contributed by atoms with Gasteiger partial charge in [-0.2, -0.15) is 13.2 Å². The number of alkyl halides is 3. The molecule has 0 amide bonds. The molecule has 25 heavy (non-hydrogen) atoms. The SMILES string of the molecule is Cc1cccc(O[C@@H](c2ccc(C(F)(F)F)cc2)C2CCNCC2)n1. The fourth-order valence-electron chi connectivity index (χ4n) is 3.16. The van der Waals surface area contributed by atoms with Crippen molar-refractivity contribution in [2.75, 3.05) is 13.1 Å². The molecule has 1 aromatic heterocycles. The van der Waals surface area contributed by atoms with Gasteiger partial charge in [-0.1, -0.05) is 18.2 Å². The Kier molecular flexibility index (Phi) is 5.27. The Morgan fingerprint density at radius 2 is 1.76 bits per heavy atom. The van der Waals surface area contributed by atoms with Crippen molar-refractivity contribution >= 4 is 0 Å². The van der Waals surface area contributed by atoms with Crippen molar-refractivity contribution in [2.24, 2.45) is 5.92 Å². The summed E-state index contributed by atoms with van der Waals surface area (Å²) in [5.41, 5.74) is 0.950. The maximum Gasteiger partial charge on any atom is 0.416 e. The van der Waals surface area contributed by atoms with E-state index in [0.29, 0.717) is 5.88 Å². The molecular weight excluding hydrogens is 329 g/mol. The summed E-state index contributed by atoms with van der Waals surface area (Å²) in [6, 6.07) is 10.8. The zero-order valence-corrected chi connectivity index (χ0v) is 14.0. The van der Waals surface area contributed by atoms with Gasteiger partial charge in [-0.25, -0.2) is 4.98 Å². The molecule has 1 atom stereocenters. The maximum absolute atomic E-state index is 12.8. The lowest BCUT2D eigenvalue weighted by Gasteiger charge is -2.31. The maximum atomic E-state index is 12.8. The summed E-state index contributed by atoms with van der Waals surface area (Å²) in [6.07, 6.45) is -2.81. The summed E-state index contributed by atoms with van der Waals surface area (Å²) in [4.78, 5) is 4.37. The number of aromatic nitrogens is 1. The number of pyridine rings is 1. The van der Waals surface area contributed by atoms with Crippen LogP contribution in [0.5, 0.6) is 5.88 Å². The lowest BCUT2D eigenvalue weighted by Crippen LogP contribution is -2.32. The highest BCUT2D eigenvalue weighted by atomic mass is 19.4. The lowest BCUT2D eigenvalue weighted by atomic mass is 9.87. The van der Waals surface area contributed by atoms with Crippen LogP contribution in [0.4, 0.5) is 13.2 Å². The van der Waals surface area contributed by atoms with Gasteiger partial charge in [0.1, 0.15) is 6.10 Å². The molecule has 6 heteroatoms. The van der Waals surface area contributed by atoms with Crippen LogP contribution in [0.2, 0.25) is 0 Å². The fourth-order valence-corrected chi connectivity index (χ4v) is 3.16. The Hall–Kier alpha value is -2.08. The van der Waals surface area contributed by atoms with Gasteiger partial charge in [0.15, 0.2) is 0 Å². The van der Waals surface area contributed by atoms with Crippen molar-refractivity contribution < 1.29 is 17.9 Å². The normalized spacial score (nSPS) is 17.3. The lowest BCUT2D eigenvalue weighted by molar-refractivity contribution is -0.137. The van der Waals surface area contributed by atoms with Crippen LogP contribution in [0.15, 0.2) is 42.5 Å². The molecule has 0 aliphatic carbocycles. The van der Waals surface area contributed by atoms with Crippen LogP contribution >= 0.6 is 0 Å². The minimum absolute atomic E-state index is 0.236. The van der Waals surface area contributed by atoms with Gasteiger partial charge in [-0.15, -0.1) is 0 Å². The van der Waals surface area contributed by atoms with Gasteiger partial charge in [0.05, 0.1) is 5.56 Å². The fraction of sp³-hybridized carbons (Fsp3) is 0.421. The van der Waals surface area contributed by atoms with E-state index < -0.39 is 11.7 Å². The third kappa shape index (κ3) is 4.51. The smallest absolute Gasteiger partial charge is 0.416 e. The van der Waals surface area contributed by atoms with E-state index in [1.807, 2.05) is 19.1 Å². The molecule has 0 spiro atoms. The molecule has 1 aliphatic rings. The molecule has 1 N–H and O–H groups in total. The van der Waals surface area contributed by atoms with Crippen LogP contribution in [0.3, 0.4) is 0 Å². The van der Waals surface area contributed by atoms with Crippen LogP contribution in [-0.2, 0) is 6.18 Å². The van der Waals surface area contributed by atoms with Crippen LogP contribution < -0.4 is 10.1 Å². The molecule has 0 unspecified atom stereocenters. The van der Waals surface area contributed by atoms with E-state index in [4.69, 9.17) is 4.74 Å². The molecule has 3 rings (SSSR count). The zero-order valence-electron chi connectivity index (χ0n) is 14.0. The van der Waals surface area contributed by atoms with Crippen LogP contribution in [-0.4, -0.2) is 18.1 Å². The van der Waals surface area contributed by atoms with Gasteiger partial charge < -0.3 is 10.1 Å². The summed E-state index contributed by atoms with van der Waals surface area (Å²) in [6.45, 7) is 3.64. The minimum Gasteiger partial charge on any atom is -0.469 e. The topological polar surface area (TPSA) is 34.1 Å². The van der Waals surface area contributed by atoms with Crippen molar-refractivity contribution in [1.29, 1.82) is 0 Å². The quantitative estimate of drug-likeness (QED) is 0.880. The van der Waals surface area contributed by atoms with Crippen molar-refractivity contribution in [3.63, 3.8) is 0 Å². The molecule has 0 radical (unpaired) electrons. The average molecular weight is 350 g/mol. The van der Waals surface area contributed by atoms with Crippen LogP contribution in [0.1, 0.15) is 35.8 Å². The second kappa shape index (κ2) is 7.44. The van der Waals surface area contributed by atoms with Crippen molar-refractivity contribution in [2.45, 2.75) is 32.0 Å². The number of hydrogen-bond donors (Lipinski definition) is 1. The first kappa shape index (κ1) is 17.7. The van der Waals surface area contributed by atoms with Crippen LogP contribution in [0.25, 0.3) is 0 Å². The van der Waals surface area contributed by atoms with E-state index in [9.17, 15) is 13.2 Å². The highest BCUT2D eigenvalue weighted by Gasteiger charge is 2.32. The monoisotopic (exact) mass is 350 g/mol. The third-order valence-electron chi connectivity index (χ3n) is 4.49. The Morgan fingerprint density at radius 1 is 1.08 bits per heavy atom. The first-order valence-corrected chi connectivity index (χ1v) is 8.41. The number of hydrogen-bond acceptors (Lipinski definition) is 3. The second-order valence-corrected chi connectivity index (χ2v) is 6.36. The highest BCUT2D eigenvalue weighted by molar-refractivity contribution is 5.28. The van der Waals surface area contributed by atoms with E-state index in [1.165, 1.54) is 12.1 Å². The number of nitrogens with zero attached hydrogens (tertiary/aromatic N) is 1. The summed E-state index contributed by atoms with van der Waals surface area (Å²) >= 11 is 0. The number of piperidine rings is 1. The van der Waals surface area contributed by atoms with Gasteiger partial charge >= 0.3 is 6.18 Å². The summed E-state index contributed by atoms with van der Waals surface area (Å²) in [7, 11) is 0. The molecule has 0 saturated carbocycles. The molecule has 2 heterocycles. The van der Waals surface area contributed by atoms with Gasteiger partial charge in [-0.3, -0.25) is 0 Å². The predicted octanol–water partition coefficient (Wildman–Crippen LogP) is 4.53. The van der Waals surface area contributed by atoms with Crippen molar-refractivity contribution in [1.82, 2.24) is 10.3 Å². The zero-order chi connectivity index (χ0) is 17.9. The second-order valence-electron chi connectivity index (χ2n) is 6.36. The number of benzene rings is 1. The van der Waals surface area contributed by atoms with Crippen LogP contribution in [0, 0.1) is 12.8 Å². The minimum atomic E-state index is -4.33. The molecule has 1 fully saturated rings. The molecule has 134 valence electrons. The molecule has 1 saturated heterocycles. The molecule has 0 bridgehead atoms. The van der Waals surface area contributed by atoms with E-state index >= 15 is 0 Å². The summed E-state index contributed by atoms with van der Waals surface area (Å²) < 4.78 is 44.6. The summed E-state index contributed by atoms with van der Waals surface area (Å²) in [5, 5.41) is 3.30. The predicted molar refractivity (Wildman–Crippen MR) is 89.4 cm³/mol. The Morgan fingerprint density at radius 3 is 2.36 bits per heavy atom. The number of aryl methyl sites for hydroxylation is 1. The van der Waals surface area contributed by atoms with Gasteiger partial charge in [0.2, 0.25) is 5.88 Å². The Bertz CT molecular complexity index is 695. The largest absolute Gasteiger partial charge is 0.469 e. The van der Waals surface area contributed by atoms with E-state index in [0.717, 1.165) is 49.3 Å². The molecule has 2 aromatic rings. The van der Waals surface area contributed by atoms with Crippen molar-refractivity contribution in [3.8, 4) is 5.88 Å². The first-order chi connectivity index (χ1) is 11.9.